The van der Waals surface area contributed by atoms with Gasteiger partial charge in [-0.15, -0.1) is 6.58 Å². The molecule has 2 N–H and O–H groups in total. The van der Waals surface area contributed by atoms with Gasteiger partial charge in [-0.05, 0) is 25.5 Å². The Kier molecular flexibility index (Phi) is 6.77. The molecule has 19 heavy (non-hydrogen) atoms. The number of hydrogen-bond acceptors (Lipinski definition) is 3. The molecule has 2 amide bonds. The highest BCUT2D eigenvalue weighted by Gasteiger charge is 2.24. The molecule has 108 valence electrons. The van der Waals surface area contributed by atoms with Gasteiger partial charge in [-0.2, -0.15) is 11.8 Å². The van der Waals surface area contributed by atoms with Crippen molar-refractivity contribution in [1.29, 1.82) is 0 Å². The molecule has 0 saturated heterocycles. The van der Waals surface area contributed by atoms with E-state index in [4.69, 9.17) is 5.11 Å². The van der Waals surface area contributed by atoms with Gasteiger partial charge in [0.1, 0.15) is 6.54 Å². The number of nitrogens with zero attached hydrogens (tertiary/aromatic N) is 1. The number of thioether (sulfide) groups is 1. The first-order valence-electron chi connectivity index (χ1n) is 6.47. The molecule has 0 radical (unpaired) electrons. The van der Waals surface area contributed by atoms with Crippen molar-refractivity contribution in [2.24, 2.45) is 0 Å². The molecule has 0 aromatic rings. The zero-order valence-corrected chi connectivity index (χ0v) is 12.1. The Labute approximate surface area is 118 Å². The first kappa shape index (κ1) is 15.9. The van der Waals surface area contributed by atoms with Gasteiger partial charge in [-0.25, -0.2) is 4.79 Å². The number of aliphatic carboxylic acids is 1. The number of carbonyl (C=O) groups excluding carboxylic acids is 1. The Hall–Kier alpha value is -1.17. The molecule has 0 spiro atoms. The van der Waals surface area contributed by atoms with Crippen LogP contribution in [0.15, 0.2) is 12.7 Å². The topological polar surface area (TPSA) is 69.6 Å². The highest BCUT2D eigenvalue weighted by molar-refractivity contribution is 7.99. The van der Waals surface area contributed by atoms with Crippen molar-refractivity contribution in [3.63, 3.8) is 0 Å². The van der Waals surface area contributed by atoms with E-state index >= 15 is 0 Å². The average molecular weight is 286 g/mol. The van der Waals surface area contributed by atoms with Crippen LogP contribution in [0.2, 0.25) is 0 Å². The van der Waals surface area contributed by atoms with E-state index < -0.39 is 5.97 Å². The average Bonchev–Trinajstić information content (AvgIpc) is 2.38. The van der Waals surface area contributed by atoms with Crippen LogP contribution in [0.4, 0.5) is 4.79 Å². The fourth-order valence-electron chi connectivity index (χ4n) is 2.29. The molecule has 5 nitrogen and oxygen atoms in total. The molecule has 0 aromatic carbocycles. The van der Waals surface area contributed by atoms with Crippen LogP contribution in [0.1, 0.15) is 25.7 Å². The van der Waals surface area contributed by atoms with Crippen LogP contribution in [-0.4, -0.2) is 52.6 Å². The number of carbonyl (C=O) groups is 2. The summed E-state index contributed by atoms with van der Waals surface area (Å²) < 4.78 is 0. The van der Waals surface area contributed by atoms with E-state index in [1.807, 2.05) is 11.8 Å². The Morgan fingerprint density at radius 2 is 2.26 bits per heavy atom. The molecule has 0 aliphatic heterocycles. The van der Waals surface area contributed by atoms with Crippen molar-refractivity contribution in [2.45, 2.75) is 37.0 Å². The van der Waals surface area contributed by atoms with E-state index in [0.29, 0.717) is 5.25 Å². The summed E-state index contributed by atoms with van der Waals surface area (Å²) in [6.45, 7) is 3.50. The minimum Gasteiger partial charge on any atom is -0.480 e. The number of amides is 2. The van der Waals surface area contributed by atoms with Crippen molar-refractivity contribution in [2.75, 3.05) is 19.3 Å². The highest BCUT2D eigenvalue weighted by Crippen LogP contribution is 2.26. The number of nitrogens with one attached hydrogen (secondary N) is 1. The third-order valence-corrected chi connectivity index (χ3v) is 4.34. The summed E-state index contributed by atoms with van der Waals surface area (Å²) in [4.78, 5) is 24.0. The van der Waals surface area contributed by atoms with Gasteiger partial charge in [0, 0.05) is 17.8 Å². The van der Waals surface area contributed by atoms with Crippen molar-refractivity contribution < 1.29 is 14.7 Å². The summed E-state index contributed by atoms with van der Waals surface area (Å²) in [6, 6.07) is -0.158. The molecule has 0 bridgehead atoms. The Balaban J connectivity index is 2.50. The standard InChI is InChI=1S/C13H22N2O3S/c1-3-7-15(9-12(16)17)13(18)14-10-5-4-6-11(8-10)19-2/h3,10-11H,1,4-9H2,2H3,(H,14,18)(H,16,17). The molecule has 2 atom stereocenters. The number of carboxylic acids is 1. The molecule has 1 fully saturated rings. The third kappa shape index (κ3) is 5.55. The van der Waals surface area contributed by atoms with Crippen molar-refractivity contribution >= 4 is 23.8 Å². The van der Waals surface area contributed by atoms with Crippen LogP contribution in [0, 0.1) is 0 Å². The lowest BCUT2D eigenvalue weighted by Gasteiger charge is -2.30. The summed E-state index contributed by atoms with van der Waals surface area (Å²) in [5.41, 5.74) is 0. The maximum Gasteiger partial charge on any atom is 0.323 e. The summed E-state index contributed by atoms with van der Waals surface area (Å²) in [7, 11) is 0. The number of urea groups is 1. The molecule has 1 saturated carbocycles. The predicted molar refractivity (Wildman–Crippen MR) is 77.5 cm³/mol. The van der Waals surface area contributed by atoms with Gasteiger partial charge in [0.15, 0.2) is 0 Å². The van der Waals surface area contributed by atoms with Crippen LogP contribution in [0.3, 0.4) is 0 Å². The Bertz CT molecular complexity index is 336. The molecule has 1 aliphatic carbocycles. The van der Waals surface area contributed by atoms with E-state index in [-0.39, 0.29) is 25.2 Å². The van der Waals surface area contributed by atoms with Gasteiger partial charge in [-0.1, -0.05) is 12.5 Å². The fourth-order valence-corrected chi connectivity index (χ4v) is 3.12. The zero-order chi connectivity index (χ0) is 14.3. The third-order valence-electron chi connectivity index (χ3n) is 3.25. The van der Waals surface area contributed by atoms with Crippen LogP contribution in [0.5, 0.6) is 0 Å². The smallest absolute Gasteiger partial charge is 0.323 e. The normalized spacial score (nSPS) is 22.6. The van der Waals surface area contributed by atoms with Gasteiger partial charge in [0.05, 0.1) is 0 Å². The number of rotatable bonds is 6. The summed E-state index contributed by atoms with van der Waals surface area (Å²) in [5, 5.41) is 12.3. The molecular weight excluding hydrogens is 264 g/mol. The summed E-state index contributed by atoms with van der Waals surface area (Å²) >= 11 is 1.83. The lowest BCUT2D eigenvalue weighted by Crippen LogP contribution is -2.48. The predicted octanol–water partition coefficient (Wildman–Crippen LogP) is 1.94. The van der Waals surface area contributed by atoms with Crippen molar-refractivity contribution in [3.05, 3.63) is 12.7 Å². The van der Waals surface area contributed by atoms with E-state index in [0.717, 1.165) is 19.3 Å². The first-order chi connectivity index (χ1) is 9.06. The van der Waals surface area contributed by atoms with Gasteiger partial charge in [0.25, 0.3) is 0 Å². The van der Waals surface area contributed by atoms with Gasteiger partial charge in [-0.3, -0.25) is 4.79 Å². The van der Waals surface area contributed by atoms with Crippen LogP contribution < -0.4 is 5.32 Å². The number of carboxylic acid groups (broad SMARTS) is 1. The lowest BCUT2D eigenvalue weighted by atomic mass is 9.95. The minimum absolute atomic E-state index is 0.153. The molecule has 1 rings (SSSR count). The van der Waals surface area contributed by atoms with E-state index in [1.54, 1.807) is 0 Å². The van der Waals surface area contributed by atoms with Crippen molar-refractivity contribution in [1.82, 2.24) is 10.2 Å². The van der Waals surface area contributed by atoms with Crippen molar-refractivity contribution in [3.8, 4) is 0 Å². The van der Waals surface area contributed by atoms with E-state index in [9.17, 15) is 9.59 Å². The van der Waals surface area contributed by atoms with Crippen LogP contribution in [0.25, 0.3) is 0 Å². The summed E-state index contributed by atoms with van der Waals surface area (Å²) in [6.07, 6.45) is 7.85. The van der Waals surface area contributed by atoms with Gasteiger partial charge in [0.2, 0.25) is 0 Å². The lowest BCUT2D eigenvalue weighted by molar-refractivity contribution is -0.137. The molecule has 1 aliphatic rings. The van der Waals surface area contributed by atoms with Gasteiger partial charge < -0.3 is 15.3 Å². The minimum atomic E-state index is -1.01. The molecule has 0 aromatic heterocycles. The van der Waals surface area contributed by atoms with Gasteiger partial charge >= 0.3 is 12.0 Å². The number of hydrogen-bond donors (Lipinski definition) is 2. The maximum absolute atomic E-state index is 12.0. The Morgan fingerprint density at radius 3 is 2.84 bits per heavy atom. The zero-order valence-electron chi connectivity index (χ0n) is 11.3. The first-order valence-corrected chi connectivity index (χ1v) is 7.76. The second-order valence-corrected chi connectivity index (χ2v) is 5.87. The fraction of sp³-hybridized carbons (Fsp3) is 0.692. The highest BCUT2D eigenvalue weighted by atomic mass is 32.2. The molecule has 6 heteroatoms. The van der Waals surface area contributed by atoms with Crippen LogP contribution in [-0.2, 0) is 4.79 Å². The Morgan fingerprint density at radius 1 is 1.53 bits per heavy atom. The monoisotopic (exact) mass is 286 g/mol. The summed E-state index contributed by atoms with van der Waals surface area (Å²) in [5.74, 6) is -1.01. The second kappa shape index (κ2) is 8.09. The maximum atomic E-state index is 12.0. The molecule has 0 heterocycles. The second-order valence-electron chi connectivity index (χ2n) is 4.73. The van der Waals surface area contributed by atoms with Crippen LogP contribution >= 0.6 is 11.8 Å². The largest absolute Gasteiger partial charge is 0.480 e. The van der Waals surface area contributed by atoms with E-state index in [2.05, 4.69) is 18.2 Å². The quantitative estimate of drug-likeness (QED) is 0.732. The molecular formula is C13H22N2O3S. The van der Waals surface area contributed by atoms with E-state index in [1.165, 1.54) is 17.4 Å². The SMILES string of the molecule is C=CCN(CC(=O)O)C(=O)NC1CCCC(SC)C1. The molecule has 2 unspecified atom stereocenters.